The molecule has 1 fully saturated rings. The number of carbonyl (C=O) groups excluding carboxylic acids is 1. The van der Waals surface area contributed by atoms with Crippen molar-refractivity contribution in [2.24, 2.45) is 0 Å². The first kappa shape index (κ1) is 26.1. The van der Waals surface area contributed by atoms with E-state index >= 15 is 0 Å². The quantitative estimate of drug-likeness (QED) is 0.211. The summed E-state index contributed by atoms with van der Waals surface area (Å²) in [6.07, 6.45) is 2.32. The number of carbonyl (C=O) groups is 1. The number of hydrogen-bond donors (Lipinski definition) is 2. The van der Waals surface area contributed by atoms with Crippen LogP contribution in [0.4, 0.5) is 5.69 Å². The van der Waals surface area contributed by atoms with Gasteiger partial charge in [-0.1, -0.05) is 41.0 Å². The van der Waals surface area contributed by atoms with E-state index in [0.29, 0.717) is 34.9 Å². The van der Waals surface area contributed by atoms with E-state index in [4.69, 9.17) is 25.6 Å². The summed E-state index contributed by atoms with van der Waals surface area (Å²) in [5, 5.41) is 7.75. The topological polar surface area (TPSA) is 98.5 Å². The van der Waals surface area contributed by atoms with Crippen LogP contribution < -0.4 is 19.5 Å². The lowest BCUT2D eigenvalue weighted by Gasteiger charge is -2.13. The molecular weight excluding hydrogens is 524 g/mol. The molecule has 0 saturated heterocycles. The van der Waals surface area contributed by atoms with Gasteiger partial charge in [-0.05, 0) is 60.7 Å². The number of methoxy groups -OCH3 is 2. The van der Waals surface area contributed by atoms with Crippen LogP contribution in [-0.4, -0.2) is 30.3 Å². The molecule has 0 spiro atoms. The predicted octanol–water partition coefficient (Wildman–Crippen LogP) is 6.26. The lowest BCUT2D eigenvalue weighted by Crippen LogP contribution is -2.15. The van der Waals surface area contributed by atoms with Crippen molar-refractivity contribution < 1.29 is 18.8 Å². The van der Waals surface area contributed by atoms with Crippen LogP contribution in [0.2, 0.25) is 5.02 Å². The Morgan fingerprint density at radius 2 is 1.92 bits per heavy atom. The summed E-state index contributed by atoms with van der Waals surface area (Å²) in [7, 11) is 3.25. The van der Waals surface area contributed by atoms with Crippen molar-refractivity contribution in [3.05, 3.63) is 82.7 Å². The maximum atomic E-state index is 12.8. The number of rotatable bonds is 11. The normalized spacial score (nSPS) is 12.8. The van der Waals surface area contributed by atoms with Gasteiger partial charge in [0.05, 0.1) is 20.6 Å². The molecule has 10 heteroatoms. The highest BCUT2D eigenvalue weighted by Crippen LogP contribution is 2.40. The largest absolute Gasteiger partial charge is 0.497 e. The van der Waals surface area contributed by atoms with Crippen LogP contribution in [0.25, 0.3) is 11.4 Å². The molecule has 0 atom stereocenters. The summed E-state index contributed by atoms with van der Waals surface area (Å²) in [4.78, 5) is 18.2. The zero-order chi connectivity index (χ0) is 26.5. The van der Waals surface area contributed by atoms with Crippen LogP contribution in [0.3, 0.4) is 0 Å². The van der Waals surface area contributed by atoms with Gasteiger partial charge in [-0.15, -0.1) is 0 Å². The average molecular weight is 551 g/mol. The van der Waals surface area contributed by atoms with Crippen LogP contribution >= 0.6 is 23.5 Å². The van der Waals surface area contributed by atoms with Crippen molar-refractivity contribution in [2.45, 2.75) is 36.6 Å². The van der Waals surface area contributed by atoms with Crippen molar-refractivity contribution in [1.82, 2.24) is 14.9 Å². The number of aromatic nitrogens is 2. The molecule has 1 aliphatic rings. The van der Waals surface area contributed by atoms with E-state index in [0.717, 1.165) is 45.9 Å². The molecule has 196 valence electrons. The highest BCUT2D eigenvalue weighted by Gasteiger charge is 2.30. The summed E-state index contributed by atoms with van der Waals surface area (Å²) in [6, 6.07) is 18.7. The first-order valence-electron chi connectivity index (χ1n) is 12.2. The van der Waals surface area contributed by atoms with Gasteiger partial charge in [0.2, 0.25) is 17.6 Å². The highest BCUT2D eigenvalue weighted by molar-refractivity contribution is 7.97. The Labute approximate surface area is 230 Å². The fraction of sp³-hybridized carbons (Fsp3) is 0.250. The number of benzene rings is 3. The number of ether oxygens (including phenoxy) is 2. The summed E-state index contributed by atoms with van der Waals surface area (Å²) in [6.45, 7) is 0.528. The van der Waals surface area contributed by atoms with E-state index in [-0.39, 0.29) is 12.3 Å². The van der Waals surface area contributed by atoms with Crippen LogP contribution in [0, 0.1) is 0 Å². The lowest BCUT2D eigenvalue weighted by molar-refractivity contribution is -0.115. The Balaban J connectivity index is 1.34. The SMILES string of the molecule is COc1ccc(CNSc2cc(NC(=O)Cc3ccccc3Cl)ccc2-c2noc(C3CC3)n2)c(OC)c1. The average Bonchev–Trinajstić information content (AvgIpc) is 3.67. The summed E-state index contributed by atoms with van der Waals surface area (Å²) < 4.78 is 19.7. The highest BCUT2D eigenvalue weighted by atomic mass is 35.5. The van der Waals surface area contributed by atoms with E-state index in [9.17, 15) is 4.79 Å². The van der Waals surface area contributed by atoms with E-state index in [2.05, 4.69) is 20.2 Å². The molecule has 2 N–H and O–H groups in total. The number of anilines is 1. The smallest absolute Gasteiger partial charge is 0.230 e. The van der Waals surface area contributed by atoms with Crippen LogP contribution in [0.1, 0.15) is 35.8 Å². The standard InChI is InChI=1S/C28H27ClN4O4S/c1-35-21-11-9-19(24(15-21)36-2)16-30-38-25-14-20(31-26(34)13-18-5-3-4-6-23(18)29)10-12-22(25)27-32-28(37-33-27)17-7-8-17/h3-6,9-12,14-15,17,30H,7-8,13,16H2,1-2H3,(H,31,34). The Kier molecular flexibility index (Phi) is 8.17. The van der Waals surface area contributed by atoms with Crippen LogP contribution in [0.5, 0.6) is 11.5 Å². The zero-order valence-electron chi connectivity index (χ0n) is 21.0. The first-order chi connectivity index (χ1) is 18.5. The van der Waals surface area contributed by atoms with Crippen molar-refractivity contribution in [3.8, 4) is 22.9 Å². The van der Waals surface area contributed by atoms with Gasteiger partial charge in [0.15, 0.2) is 0 Å². The Bertz CT molecular complexity index is 1440. The van der Waals surface area contributed by atoms with Gasteiger partial charge in [-0.2, -0.15) is 4.98 Å². The molecule has 0 radical (unpaired) electrons. The van der Waals surface area contributed by atoms with Crippen LogP contribution in [-0.2, 0) is 17.8 Å². The minimum Gasteiger partial charge on any atom is -0.497 e. The Morgan fingerprint density at radius 3 is 2.68 bits per heavy atom. The molecule has 4 aromatic rings. The molecular formula is C28H27ClN4O4S. The van der Waals surface area contributed by atoms with Crippen molar-refractivity contribution >= 4 is 35.1 Å². The second-order valence-electron chi connectivity index (χ2n) is 8.86. The molecule has 1 aliphatic carbocycles. The molecule has 5 rings (SSSR count). The van der Waals surface area contributed by atoms with Gasteiger partial charge in [0, 0.05) is 45.3 Å². The molecule has 0 bridgehead atoms. The maximum absolute atomic E-state index is 12.8. The van der Waals surface area contributed by atoms with Gasteiger partial charge in [0.25, 0.3) is 0 Å². The van der Waals surface area contributed by atoms with Crippen molar-refractivity contribution in [1.29, 1.82) is 0 Å². The first-order valence-corrected chi connectivity index (χ1v) is 13.4. The fourth-order valence-corrected chi connectivity index (χ4v) is 4.96. The Morgan fingerprint density at radius 1 is 1.08 bits per heavy atom. The summed E-state index contributed by atoms with van der Waals surface area (Å²) in [5.41, 5.74) is 3.21. The maximum Gasteiger partial charge on any atom is 0.230 e. The van der Waals surface area contributed by atoms with E-state index in [1.165, 1.54) is 11.9 Å². The minimum absolute atomic E-state index is 0.159. The van der Waals surface area contributed by atoms with Crippen LogP contribution in [0.15, 0.2) is 70.1 Å². The van der Waals surface area contributed by atoms with Gasteiger partial charge in [-0.25, -0.2) is 0 Å². The number of amides is 1. The number of nitrogens with one attached hydrogen (secondary N) is 2. The van der Waals surface area contributed by atoms with Gasteiger partial charge < -0.3 is 19.3 Å². The number of halogens is 1. The third-order valence-electron chi connectivity index (χ3n) is 6.12. The molecule has 1 amide bonds. The molecule has 1 saturated carbocycles. The minimum atomic E-state index is -0.159. The second-order valence-corrected chi connectivity index (χ2v) is 10.2. The molecule has 1 aromatic heterocycles. The van der Waals surface area contributed by atoms with E-state index in [1.54, 1.807) is 20.3 Å². The zero-order valence-corrected chi connectivity index (χ0v) is 22.6. The molecule has 1 heterocycles. The van der Waals surface area contributed by atoms with Gasteiger partial charge in [-0.3, -0.25) is 9.52 Å². The molecule has 38 heavy (non-hydrogen) atoms. The molecule has 8 nitrogen and oxygen atoms in total. The second kappa shape index (κ2) is 11.9. The molecule has 0 aliphatic heterocycles. The van der Waals surface area contributed by atoms with Gasteiger partial charge >= 0.3 is 0 Å². The summed E-state index contributed by atoms with van der Waals surface area (Å²) in [5.74, 6) is 2.84. The van der Waals surface area contributed by atoms with E-state index < -0.39 is 0 Å². The number of hydrogen-bond acceptors (Lipinski definition) is 8. The monoisotopic (exact) mass is 550 g/mol. The third kappa shape index (κ3) is 6.30. The third-order valence-corrected chi connectivity index (χ3v) is 7.34. The Hall–Kier alpha value is -3.53. The van der Waals surface area contributed by atoms with Crippen molar-refractivity contribution in [3.63, 3.8) is 0 Å². The van der Waals surface area contributed by atoms with E-state index in [1.807, 2.05) is 54.6 Å². The molecule has 3 aromatic carbocycles. The van der Waals surface area contributed by atoms with Gasteiger partial charge in [0.1, 0.15) is 11.5 Å². The van der Waals surface area contributed by atoms with Crippen molar-refractivity contribution in [2.75, 3.05) is 19.5 Å². The predicted molar refractivity (Wildman–Crippen MR) is 148 cm³/mol. The lowest BCUT2D eigenvalue weighted by atomic mass is 10.1. The fourth-order valence-electron chi connectivity index (χ4n) is 3.92. The summed E-state index contributed by atoms with van der Waals surface area (Å²) >= 11 is 7.65. The molecule has 0 unspecified atom stereocenters. The number of nitrogens with zero attached hydrogens (tertiary/aromatic N) is 2.